The molecular formula is C27H32N2O4. The average Bonchev–Trinajstić information content (AvgIpc) is 3.31. The summed E-state index contributed by atoms with van der Waals surface area (Å²) in [6.07, 6.45) is 4.73. The molecule has 2 aliphatic heterocycles. The molecule has 3 atom stereocenters. The Morgan fingerprint density at radius 1 is 1.12 bits per heavy atom. The highest BCUT2D eigenvalue weighted by atomic mass is 16.6. The fourth-order valence-corrected chi connectivity index (χ4v) is 5.60. The number of nitrogens with one attached hydrogen (secondary N) is 1. The molecule has 1 saturated heterocycles. The molecule has 3 aliphatic rings. The van der Waals surface area contributed by atoms with E-state index in [1.54, 1.807) is 4.90 Å². The van der Waals surface area contributed by atoms with E-state index in [-0.39, 0.29) is 18.4 Å². The molecule has 6 nitrogen and oxygen atoms in total. The summed E-state index contributed by atoms with van der Waals surface area (Å²) in [5.41, 5.74) is 3.23. The van der Waals surface area contributed by atoms with E-state index in [9.17, 15) is 9.59 Å². The van der Waals surface area contributed by atoms with Gasteiger partial charge in [0.2, 0.25) is 5.91 Å². The van der Waals surface area contributed by atoms with E-state index in [0.717, 1.165) is 17.9 Å². The number of rotatable bonds is 5. The smallest absolute Gasteiger partial charge is 0.254 e. The number of carbonyl (C=O) groups excluding carboxylic acids is 2. The Bertz CT molecular complexity index is 1020. The van der Waals surface area contributed by atoms with Crippen molar-refractivity contribution in [3.63, 3.8) is 0 Å². The van der Waals surface area contributed by atoms with E-state index in [4.69, 9.17) is 9.47 Å². The van der Waals surface area contributed by atoms with Crippen LogP contribution in [0, 0.1) is 5.92 Å². The van der Waals surface area contributed by atoms with Gasteiger partial charge >= 0.3 is 0 Å². The summed E-state index contributed by atoms with van der Waals surface area (Å²) in [5, 5.41) is 2.76. The summed E-state index contributed by atoms with van der Waals surface area (Å²) in [7, 11) is 0. The molecule has 174 valence electrons. The Morgan fingerprint density at radius 2 is 1.94 bits per heavy atom. The molecule has 0 aromatic heterocycles. The molecule has 2 aromatic carbocycles. The number of piperazine rings is 1. The van der Waals surface area contributed by atoms with Crippen LogP contribution in [-0.4, -0.2) is 49.6 Å². The van der Waals surface area contributed by atoms with Crippen molar-refractivity contribution < 1.29 is 19.1 Å². The first-order chi connectivity index (χ1) is 16.1. The first kappa shape index (κ1) is 21.8. The van der Waals surface area contributed by atoms with Crippen LogP contribution in [0.1, 0.15) is 65.9 Å². The quantitative estimate of drug-likeness (QED) is 0.748. The third kappa shape index (κ3) is 4.70. The lowest BCUT2D eigenvalue weighted by Crippen LogP contribution is -2.49. The van der Waals surface area contributed by atoms with Crippen molar-refractivity contribution >= 4 is 11.8 Å². The van der Waals surface area contributed by atoms with Gasteiger partial charge in [0.25, 0.3) is 5.91 Å². The summed E-state index contributed by atoms with van der Waals surface area (Å²) in [6, 6.07) is 14.3. The number of ether oxygens (including phenoxy) is 2. The van der Waals surface area contributed by atoms with Gasteiger partial charge in [0.05, 0.1) is 6.54 Å². The van der Waals surface area contributed by atoms with Crippen LogP contribution in [0.4, 0.5) is 0 Å². The minimum Gasteiger partial charge on any atom is -0.486 e. The number of fused-ring (bicyclic) bond motifs is 1. The topological polar surface area (TPSA) is 67.9 Å². The molecule has 33 heavy (non-hydrogen) atoms. The van der Waals surface area contributed by atoms with Crippen molar-refractivity contribution in [1.82, 2.24) is 10.2 Å². The normalized spacial score (nSPS) is 23.2. The van der Waals surface area contributed by atoms with Crippen molar-refractivity contribution in [3.8, 4) is 11.5 Å². The van der Waals surface area contributed by atoms with Crippen LogP contribution in [-0.2, 0) is 4.79 Å². The molecule has 1 saturated carbocycles. The van der Waals surface area contributed by atoms with Crippen LogP contribution >= 0.6 is 0 Å². The lowest BCUT2D eigenvalue weighted by molar-refractivity contribution is -0.123. The second-order valence-corrected chi connectivity index (χ2v) is 9.58. The lowest BCUT2D eigenvalue weighted by atomic mass is 9.87. The van der Waals surface area contributed by atoms with Gasteiger partial charge in [0.1, 0.15) is 13.2 Å². The Balaban J connectivity index is 1.19. The Morgan fingerprint density at radius 3 is 2.76 bits per heavy atom. The van der Waals surface area contributed by atoms with Crippen molar-refractivity contribution in [1.29, 1.82) is 0 Å². The zero-order valence-electron chi connectivity index (χ0n) is 19.2. The van der Waals surface area contributed by atoms with Crippen molar-refractivity contribution in [2.45, 2.75) is 44.4 Å². The molecule has 0 radical (unpaired) electrons. The lowest BCUT2D eigenvalue weighted by Gasteiger charge is -2.26. The molecule has 2 heterocycles. The van der Waals surface area contributed by atoms with E-state index in [0.29, 0.717) is 49.6 Å². The third-order valence-electron chi connectivity index (χ3n) is 7.31. The van der Waals surface area contributed by atoms with Gasteiger partial charge in [-0.15, -0.1) is 0 Å². The van der Waals surface area contributed by atoms with Gasteiger partial charge in [0.15, 0.2) is 11.5 Å². The molecule has 0 unspecified atom stereocenters. The third-order valence-corrected chi connectivity index (χ3v) is 7.31. The van der Waals surface area contributed by atoms with Gasteiger partial charge in [-0.2, -0.15) is 0 Å². The SMILES string of the molecule is C[C@@H](C[C@H]1CC[C@@H](c2ccc(C(=O)N3CCNC(=O)C3)cc2)C1)c1cccc2c1OCCO2. The van der Waals surface area contributed by atoms with E-state index >= 15 is 0 Å². The number of amides is 2. The fourth-order valence-electron chi connectivity index (χ4n) is 5.60. The Kier molecular flexibility index (Phi) is 6.25. The molecule has 6 heteroatoms. The van der Waals surface area contributed by atoms with Gasteiger partial charge in [-0.3, -0.25) is 9.59 Å². The number of benzene rings is 2. The summed E-state index contributed by atoms with van der Waals surface area (Å²) in [6.45, 7) is 4.76. The maximum absolute atomic E-state index is 12.7. The fraction of sp³-hybridized carbons (Fsp3) is 0.481. The molecular weight excluding hydrogens is 416 g/mol. The number of carbonyl (C=O) groups is 2. The summed E-state index contributed by atoms with van der Waals surface area (Å²) in [5.74, 6) is 3.29. The molecule has 0 spiro atoms. The van der Waals surface area contributed by atoms with E-state index in [1.807, 2.05) is 18.2 Å². The summed E-state index contributed by atoms with van der Waals surface area (Å²) in [4.78, 5) is 25.9. The first-order valence-electron chi connectivity index (χ1n) is 12.1. The van der Waals surface area contributed by atoms with Gasteiger partial charge < -0.3 is 19.7 Å². The monoisotopic (exact) mass is 448 g/mol. The van der Waals surface area contributed by atoms with Gasteiger partial charge in [-0.25, -0.2) is 0 Å². The zero-order chi connectivity index (χ0) is 22.8. The molecule has 5 rings (SSSR count). The van der Waals surface area contributed by atoms with Crippen molar-refractivity contribution in [2.75, 3.05) is 32.8 Å². The predicted octanol–water partition coefficient (Wildman–Crippen LogP) is 4.11. The molecule has 2 fully saturated rings. The number of hydrogen-bond acceptors (Lipinski definition) is 4. The van der Waals surface area contributed by atoms with Gasteiger partial charge in [-0.05, 0) is 67.2 Å². The molecule has 2 aromatic rings. The molecule has 1 aliphatic carbocycles. The maximum atomic E-state index is 12.7. The number of hydrogen-bond donors (Lipinski definition) is 1. The van der Waals surface area contributed by atoms with Crippen LogP contribution in [0.3, 0.4) is 0 Å². The number of nitrogens with zero attached hydrogens (tertiary/aromatic N) is 1. The minimum absolute atomic E-state index is 0.0630. The predicted molar refractivity (Wildman–Crippen MR) is 126 cm³/mol. The summed E-state index contributed by atoms with van der Waals surface area (Å²) >= 11 is 0. The number of para-hydroxylation sites is 1. The highest BCUT2D eigenvalue weighted by Crippen LogP contribution is 2.45. The maximum Gasteiger partial charge on any atom is 0.254 e. The second kappa shape index (κ2) is 9.46. The molecule has 2 amide bonds. The Labute approximate surface area is 195 Å². The molecule has 0 bridgehead atoms. The van der Waals surface area contributed by atoms with Crippen LogP contribution in [0.2, 0.25) is 0 Å². The van der Waals surface area contributed by atoms with E-state index in [2.05, 4.69) is 36.5 Å². The van der Waals surface area contributed by atoms with Crippen molar-refractivity contribution in [2.24, 2.45) is 5.92 Å². The van der Waals surface area contributed by atoms with E-state index < -0.39 is 0 Å². The Hall–Kier alpha value is -3.02. The van der Waals surface area contributed by atoms with Crippen LogP contribution in [0.5, 0.6) is 11.5 Å². The first-order valence-corrected chi connectivity index (χ1v) is 12.1. The van der Waals surface area contributed by atoms with E-state index in [1.165, 1.54) is 30.4 Å². The van der Waals surface area contributed by atoms with Crippen LogP contribution in [0.25, 0.3) is 0 Å². The largest absolute Gasteiger partial charge is 0.486 e. The highest BCUT2D eigenvalue weighted by molar-refractivity contribution is 5.97. The molecule has 1 N–H and O–H groups in total. The second-order valence-electron chi connectivity index (χ2n) is 9.58. The standard InChI is InChI=1S/C27H32N2O4/c1-18(23-3-2-4-24-26(23)33-14-13-32-24)15-19-5-6-22(16-19)20-7-9-21(10-8-20)27(31)29-12-11-28-25(30)17-29/h2-4,7-10,18-19,22H,5-6,11-17H2,1H3,(H,28,30)/t18-,19+,22+/m0/s1. The van der Waals surface area contributed by atoms with Crippen LogP contribution in [0.15, 0.2) is 42.5 Å². The van der Waals surface area contributed by atoms with Crippen LogP contribution < -0.4 is 14.8 Å². The minimum atomic E-state index is -0.0902. The van der Waals surface area contributed by atoms with Crippen molar-refractivity contribution in [3.05, 3.63) is 59.2 Å². The van der Waals surface area contributed by atoms with Gasteiger partial charge in [-0.1, -0.05) is 31.2 Å². The summed E-state index contributed by atoms with van der Waals surface area (Å²) < 4.78 is 11.7. The highest BCUT2D eigenvalue weighted by Gasteiger charge is 2.29. The van der Waals surface area contributed by atoms with Gasteiger partial charge in [0, 0.05) is 24.2 Å². The zero-order valence-corrected chi connectivity index (χ0v) is 19.2. The average molecular weight is 449 g/mol.